The number of benzene rings is 2. The standard InChI is InChI=1S/C28H35N3O6/c1-8-18(3)23(30-27(35)37-28(4,5)6)26(34)31(9-2)24(21-12-10-11-13-22(21)32)25(33)29-19-14-16-20(36-7)17-15-19/h2,10-18,23-24,32H,8H2,1,3-7H3,(H,29,33)(H,30,35). The number of terminal acetylenes is 1. The first-order valence-electron chi connectivity index (χ1n) is 11.9. The summed E-state index contributed by atoms with van der Waals surface area (Å²) in [4.78, 5) is 40.8. The Bertz CT molecular complexity index is 1130. The molecule has 2 aromatic carbocycles. The van der Waals surface area contributed by atoms with Crippen LogP contribution in [0.4, 0.5) is 10.5 Å². The predicted molar refractivity (Wildman–Crippen MR) is 141 cm³/mol. The average molecular weight is 510 g/mol. The van der Waals surface area contributed by atoms with Gasteiger partial charge >= 0.3 is 6.09 Å². The Morgan fingerprint density at radius 3 is 2.24 bits per heavy atom. The maximum absolute atomic E-state index is 13.8. The van der Waals surface area contributed by atoms with Crippen molar-refractivity contribution in [1.29, 1.82) is 0 Å². The number of amides is 3. The van der Waals surface area contributed by atoms with Gasteiger partial charge in [0.2, 0.25) is 0 Å². The second-order valence-electron chi connectivity index (χ2n) is 9.53. The fourth-order valence-corrected chi connectivity index (χ4v) is 3.53. The van der Waals surface area contributed by atoms with E-state index in [4.69, 9.17) is 15.9 Å². The van der Waals surface area contributed by atoms with Crippen molar-refractivity contribution in [2.75, 3.05) is 12.4 Å². The highest BCUT2D eigenvalue weighted by Crippen LogP contribution is 2.31. The minimum Gasteiger partial charge on any atom is -0.508 e. The smallest absolute Gasteiger partial charge is 0.408 e. The zero-order valence-electron chi connectivity index (χ0n) is 22.1. The minimum atomic E-state index is -1.40. The molecule has 198 valence electrons. The number of rotatable bonds is 9. The van der Waals surface area contributed by atoms with Gasteiger partial charge in [0.25, 0.3) is 11.8 Å². The zero-order chi connectivity index (χ0) is 27.8. The molecule has 0 radical (unpaired) electrons. The maximum atomic E-state index is 13.8. The molecule has 0 spiro atoms. The molecule has 0 saturated carbocycles. The predicted octanol–water partition coefficient (Wildman–Crippen LogP) is 4.44. The fraction of sp³-hybridized carbons (Fsp3) is 0.393. The average Bonchev–Trinajstić information content (AvgIpc) is 2.85. The van der Waals surface area contributed by atoms with Gasteiger partial charge in [0.05, 0.1) is 7.11 Å². The van der Waals surface area contributed by atoms with Crippen molar-refractivity contribution in [3.8, 4) is 24.0 Å². The summed E-state index contributed by atoms with van der Waals surface area (Å²) >= 11 is 0. The lowest BCUT2D eigenvalue weighted by molar-refractivity contribution is -0.137. The molecule has 0 saturated heterocycles. The van der Waals surface area contributed by atoms with Crippen LogP contribution in [0.2, 0.25) is 0 Å². The molecule has 37 heavy (non-hydrogen) atoms. The lowest BCUT2D eigenvalue weighted by atomic mass is 9.96. The SMILES string of the molecule is C#CN(C(=O)C(NC(=O)OC(C)(C)C)C(C)CC)C(C(=O)Nc1ccc(OC)cc1)c1ccccc1O. The molecule has 3 unspecified atom stereocenters. The molecule has 0 aliphatic rings. The van der Waals surface area contributed by atoms with Gasteiger partial charge in [-0.2, -0.15) is 0 Å². The number of phenolic OH excluding ortho intramolecular Hbond substituents is 1. The van der Waals surface area contributed by atoms with Gasteiger partial charge in [0.15, 0.2) is 6.04 Å². The summed E-state index contributed by atoms with van der Waals surface area (Å²) in [5.74, 6) is -1.31. The Hall–Kier alpha value is -4.19. The molecule has 2 rings (SSSR count). The Kier molecular flexibility index (Phi) is 9.95. The van der Waals surface area contributed by atoms with Crippen molar-refractivity contribution in [2.45, 2.75) is 58.7 Å². The Morgan fingerprint density at radius 2 is 1.73 bits per heavy atom. The summed E-state index contributed by atoms with van der Waals surface area (Å²) in [5, 5.41) is 15.9. The third-order valence-electron chi connectivity index (χ3n) is 5.62. The van der Waals surface area contributed by atoms with Crippen molar-refractivity contribution >= 4 is 23.6 Å². The third kappa shape index (κ3) is 7.90. The fourth-order valence-electron chi connectivity index (χ4n) is 3.53. The summed E-state index contributed by atoms with van der Waals surface area (Å²) in [6.45, 7) is 8.76. The molecule has 0 bridgehead atoms. The number of aromatic hydroxyl groups is 1. The van der Waals surface area contributed by atoms with E-state index in [9.17, 15) is 19.5 Å². The Morgan fingerprint density at radius 1 is 1.11 bits per heavy atom. The van der Waals surface area contributed by atoms with E-state index >= 15 is 0 Å². The summed E-state index contributed by atoms with van der Waals surface area (Å²) in [5.41, 5.74) is -0.226. The molecule has 3 N–H and O–H groups in total. The number of carbonyl (C=O) groups excluding carboxylic acids is 3. The van der Waals surface area contributed by atoms with Gasteiger partial charge in [-0.05, 0) is 57.0 Å². The molecule has 0 heterocycles. The third-order valence-corrected chi connectivity index (χ3v) is 5.62. The van der Waals surface area contributed by atoms with Gasteiger partial charge in [0.1, 0.15) is 23.1 Å². The minimum absolute atomic E-state index is 0.125. The van der Waals surface area contributed by atoms with Crippen LogP contribution < -0.4 is 15.4 Å². The molecule has 0 aliphatic carbocycles. The van der Waals surface area contributed by atoms with Crippen molar-refractivity contribution in [3.63, 3.8) is 0 Å². The molecular formula is C28H35N3O6. The van der Waals surface area contributed by atoms with Crippen LogP contribution in [-0.2, 0) is 14.3 Å². The van der Waals surface area contributed by atoms with Crippen LogP contribution in [-0.4, -0.2) is 46.7 Å². The number of anilines is 1. The van der Waals surface area contributed by atoms with E-state index in [2.05, 4.69) is 16.7 Å². The van der Waals surface area contributed by atoms with Crippen molar-refractivity contribution in [1.82, 2.24) is 10.2 Å². The first-order valence-corrected chi connectivity index (χ1v) is 11.9. The number of hydrogen-bond donors (Lipinski definition) is 3. The molecule has 3 amide bonds. The van der Waals surface area contributed by atoms with Gasteiger partial charge in [-0.3, -0.25) is 14.5 Å². The van der Waals surface area contributed by atoms with Crippen LogP contribution in [0.5, 0.6) is 11.5 Å². The molecule has 0 aromatic heterocycles. The molecular weight excluding hydrogens is 474 g/mol. The molecule has 9 nitrogen and oxygen atoms in total. The van der Waals surface area contributed by atoms with E-state index < -0.39 is 35.6 Å². The number of ether oxygens (including phenoxy) is 2. The second-order valence-corrected chi connectivity index (χ2v) is 9.53. The number of carbonyl (C=O) groups is 3. The summed E-state index contributed by atoms with van der Waals surface area (Å²) in [7, 11) is 1.53. The van der Waals surface area contributed by atoms with Crippen molar-refractivity contribution in [2.24, 2.45) is 5.92 Å². The second kappa shape index (κ2) is 12.7. The number of nitrogens with zero attached hydrogens (tertiary/aromatic N) is 1. The van der Waals surface area contributed by atoms with Gasteiger partial charge in [-0.25, -0.2) is 4.79 Å². The first-order chi connectivity index (χ1) is 17.4. The highest BCUT2D eigenvalue weighted by molar-refractivity contribution is 6.00. The van der Waals surface area contributed by atoms with Gasteiger partial charge in [-0.1, -0.05) is 44.9 Å². The monoisotopic (exact) mass is 509 g/mol. The lowest BCUT2D eigenvalue weighted by Gasteiger charge is -2.32. The summed E-state index contributed by atoms with van der Waals surface area (Å²) in [6.07, 6.45) is 5.52. The van der Waals surface area contributed by atoms with Gasteiger partial charge < -0.3 is 25.2 Å². The first kappa shape index (κ1) is 29.0. The zero-order valence-corrected chi connectivity index (χ0v) is 22.1. The highest BCUT2D eigenvalue weighted by Gasteiger charge is 2.38. The van der Waals surface area contributed by atoms with Crippen LogP contribution in [0.1, 0.15) is 52.6 Å². The van der Waals surface area contributed by atoms with E-state index in [1.165, 1.54) is 19.2 Å². The number of nitrogens with one attached hydrogen (secondary N) is 2. The van der Waals surface area contributed by atoms with E-state index in [-0.39, 0.29) is 17.2 Å². The van der Waals surface area contributed by atoms with Crippen LogP contribution in [0.25, 0.3) is 0 Å². The molecule has 9 heteroatoms. The number of alkyl carbamates (subject to hydrolysis) is 1. The van der Waals surface area contributed by atoms with Crippen molar-refractivity contribution in [3.05, 3.63) is 54.1 Å². The Labute approximate surface area is 218 Å². The van der Waals surface area contributed by atoms with Crippen molar-refractivity contribution < 1.29 is 29.0 Å². The maximum Gasteiger partial charge on any atom is 0.408 e. The molecule has 0 aliphatic heterocycles. The van der Waals surface area contributed by atoms with Crippen LogP contribution in [0, 0.1) is 18.4 Å². The van der Waals surface area contributed by atoms with E-state index in [1.807, 2.05) is 6.92 Å². The van der Waals surface area contributed by atoms with Crippen LogP contribution in [0.15, 0.2) is 48.5 Å². The quantitative estimate of drug-likeness (QED) is 0.340. The van der Waals surface area contributed by atoms with Crippen LogP contribution >= 0.6 is 0 Å². The van der Waals surface area contributed by atoms with E-state index in [0.29, 0.717) is 17.9 Å². The largest absolute Gasteiger partial charge is 0.508 e. The Balaban J connectivity index is 2.47. The molecule has 2 aromatic rings. The van der Waals surface area contributed by atoms with Crippen LogP contribution in [0.3, 0.4) is 0 Å². The number of para-hydroxylation sites is 1. The normalized spacial score (nSPS) is 13.3. The number of phenols is 1. The highest BCUT2D eigenvalue weighted by atomic mass is 16.6. The summed E-state index contributed by atoms with van der Waals surface area (Å²) < 4.78 is 10.5. The van der Waals surface area contributed by atoms with E-state index in [0.717, 1.165) is 4.90 Å². The lowest BCUT2D eigenvalue weighted by Crippen LogP contribution is -2.53. The summed E-state index contributed by atoms with van der Waals surface area (Å²) in [6, 6.07) is 12.5. The molecule has 0 fully saturated rings. The van der Waals surface area contributed by atoms with E-state index in [1.54, 1.807) is 64.1 Å². The topological polar surface area (TPSA) is 117 Å². The number of methoxy groups -OCH3 is 1. The number of hydrogen-bond acceptors (Lipinski definition) is 6. The van der Waals surface area contributed by atoms with Gasteiger partial charge in [-0.15, -0.1) is 0 Å². The molecule has 3 atom stereocenters. The van der Waals surface area contributed by atoms with Gasteiger partial charge in [0, 0.05) is 17.3 Å².